The van der Waals surface area contributed by atoms with Gasteiger partial charge in [0, 0.05) is 11.3 Å². The van der Waals surface area contributed by atoms with Gasteiger partial charge < -0.3 is 15.4 Å². The minimum absolute atomic E-state index is 0.0294. The molecule has 2 rings (SSSR count). The van der Waals surface area contributed by atoms with Crippen molar-refractivity contribution in [2.45, 2.75) is 71.1 Å². The Bertz CT molecular complexity index is 887. The molecule has 0 radical (unpaired) electrons. The molecule has 178 valence electrons. The number of piperidine rings is 1. The lowest BCUT2D eigenvalue weighted by Crippen LogP contribution is -2.50. The van der Waals surface area contributed by atoms with Crippen LogP contribution in [-0.2, 0) is 9.53 Å². The maximum atomic E-state index is 12.5. The lowest BCUT2D eigenvalue weighted by Gasteiger charge is -2.26. The second kappa shape index (κ2) is 12.9. The Morgan fingerprint density at radius 2 is 2.03 bits per heavy atom. The van der Waals surface area contributed by atoms with E-state index in [1.54, 1.807) is 24.3 Å². The van der Waals surface area contributed by atoms with Crippen LogP contribution >= 0.6 is 0 Å². The van der Waals surface area contributed by atoms with Crippen LogP contribution in [0.5, 0.6) is 0 Å². The maximum Gasteiger partial charge on any atom is 0.412 e. The van der Waals surface area contributed by atoms with Crippen LogP contribution in [0.3, 0.4) is 0 Å². The van der Waals surface area contributed by atoms with Gasteiger partial charge in [0.15, 0.2) is 0 Å². The molecule has 1 saturated heterocycles. The van der Waals surface area contributed by atoms with E-state index in [0.29, 0.717) is 5.69 Å². The molecule has 0 aromatic heterocycles. The zero-order valence-electron chi connectivity index (χ0n) is 20.2. The summed E-state index contributed by atoms with van der Waals surface area (Å²) >= 11 is 0. The van der Waals surface area contributed by atoms with Gasteiger partial charge in [-0.25, -0.2) is 4.79 Å². The molecule has 1 heterocycles. The minimum atomic E-state index is -0.501. The van der Waals surface area contributed by atoms with E-state index in [1.807, 2.05) is 45.9 Å². The smallest absolute Gasteiger partial charge is 0.412 e. The van der Waals surface area contributed by atoms with Gasteiger partial charge in [0.1, 0.15) is 5.60 Å². The van der Waals surface area contributed by atoms with Crippen LogP contribution in [0, 0.1) is 17.8 Å². The van der Waals surface area contributed by atoms with Crippen LogP contribution in [0.15, 0.2) is 49.1 Å². The number of allylic oxidation sites excluding steroid dienone is 1. The van der Waals surface area contributed by atoms with E-state index < -0.39 is 11.7 Å². The lowest BCUT2D eigenvalue weighted by atomic mass is 9.99. The normalized spacial score (nSPS) is 17.9. The number of ether oxygens (including phenoxy) is 1. The predicted octanol–water partition coefficient (Wildman–Crippen LogP) is 4.78. The summed E-state index contributed by atoms with van der Waals surface area (Å²) in [5, 5.41) is 9.07. The topological polar surface area (TPSA) is 79.5 Å². The van der Waals surface area contributed by atoms with E-state index in [2.05, 4.69) is 34.4 Å². The number of amides is 2. The quantitative estimate of drug-likeness (QED) is 0.393. The zero-order chi connectivity index (χ0) is 24.3. The SMILES string of the molecule is C=CC(NC(=O)[C@@H]1CCCCN1)C(C)/C=C/C#Cc1ccc(NC(=O)OC(C)(C)CC)cc1. The second-order valence-electron chi connectivity index (χ2n) is 8.97. The largest absolute Gasteiger partial charge is 0.443 e. The number of carbonyl (C=O) groups is 2. The first-order valence-corrected chi connectivity index (χ1v) is 11.7. The summed E-state index contributed by atoms with van der Waals surface area (Å²) in [6, 6.07) is 7.00. The molecule has 33 heavy (non-hydrogen) atoms. The third-order valence-electron chi connectivity index (χ3n) is 5.81. The fourth-order valence-electron chi connectivity index (χ4n) is 3.29. The van der Waals surface area contributed by atoms with Crippen LogP contribution in [0.1, 0.15) is 58.9 Å². The number of anilines is 1. The van der Waals surface area contributed by atoms with Crippen molar-refractivity contribution in [3.05, 3.63) is 54.6 Å². The Morgan fingerprint density at radius 3 is 2.64 bits per heavy atom. The molecule has 0 bridgehead atoms. The van der Waals surface area contributed by atoms with Gasteiger partial charge in [-0.3, -0.25) is 10.1 Å². The van der Waals surface area contributed by atoms with Crippen LogP contribution < -0.4 is 16.0 Å². The van der Waals surface area contributed by atoms with Gasteiger partial charge in [-0.05, 0) is 75.9 Å². The van der Waals surface area contributed by atoms with Gasteiger partial charge in [-0.1, -0.05) is 44.3 Å². The molecule has 2 unspecified atom stereocenters. The zero-order valence-corrected chi connectivity index (χ0v) is 20.2. The molecular weight excluding hydrogens is 414 g/mol. The van der Waals surface area contributed by atoms with Gasteiger partial charge in [0.2, 0.25) is 5.91 Å². The first-order valence-electron chi connectivity index (χ1n) is 11.7. The third kappa shape index (κ3) is 9.15. The van der Waals surface area contributed by atoms with Crippen molar-refractivity contribution in [3.63, 3.8) is 0 Å². The Balaban J connectivity index is 1.86. The molecule has 6 heteroatoms. The highest BCUT2D eigenvalue weighted by molar-refractivity contribution is 5.85. The first kappa shape index (κ1) is 26.2. The molecule has 6 nitrogen and oxygen atoms in total. The van der Waals surface area contributed by atoms with Gasteiger partial charge in [0.25, 0.3) is 0 Å². The first-order chi connectivity index (χ1) is 15.7. The molecule has 2 amide bonds. The predicted molar refractivity (Wildman–Crippen MR) is 134 cm³/mol. The van der Waals surface area contributed by atoms with Crippen molar-refractivity contribution in [1.29, 1.82) is 0 Å². The number of hydrogen-bond donors (Lipinski definition) is 3. The summed E-state index contributed by atoms with van der Waals surface area (Å²) in [5.41, 5.74) is 0.981. The molecule has 0 saturated carbocycles. The van der Waals surface area contributed by atoms with Crippen LogP contribution in [-0.4, -0.2) is 36.2 Å². The van der Waals surface area contributed by atoms with E-state index in [4.69, 9.17) is 4.74 Å². The Morgan fingerprint density at radius 1 is 1.30 bits per heavy atom. The summed E-state index contributed by atoms with van der Waals surface area (Å²) in [6.07, 6.45) is 8.86. The molecule has 1 aromatic rings. The van der Waals surface area contributed by atoms with Crippen molar-refractivity contribution < 1.29 is 14.3 Å². The van der Waals surface area contributed by atoms with Crippen molar-refractivity contribution in [2.75, 3.05) is 11.9 Å². The number of rotatable bonds is 8. The number of nitrogens with one attached hydrogen (secondary N) is 3. The van der Waals surface area contributed by atoms with E-state index in [-0.39, 0.29) is 23.9 Å². The average Bonchev–Trinajstić information content (AvgIpc) is 2.81. The summed E-state index contributed by atoms with van der Waals surface area (Å²) < 4.78 is 5.39. The standard InChI is InChI=1S/C27H37N3O3/c1-6-23(30-25(31)24-14-10-11-19-28-24)20(3)12-8-9-13-21-15-17-22(18-16-21)29-26(32)33-27(4,5)7-2/h6,8,12,15-18,20,23-24,28H,1,7,10-11,14,19H2,2-5H3,(H,29,32)(H,30,31)/b12-8+/t20?,23?,24-/m0/s1. The van der Waals surface area contributed by atoms with Crippen molar-refractivity contribution in [1.82, 2.24) is 10.6 Å². The lowest BCUT2D eigenvalue weighted by molar-refractivity contribution is -0.124. The molecule has 0 aliphatic carbocycles. The Hall–Kier alpha value is -3.04. The number of carbonyl (C=O) groups excluding carboxylic acids is 2. The molecule has 1 aromatic carbocycles. The summed E-state index contributed by atoms with van der Waals surface area (Å²) in [5.74, 6) is 6.19. The van der Waals surface area contributed by atoms with E-state index in [9.17, 15) is 9.59 Å². The van der Waals surface area contributed by atoms with Crippen molar-refractivity contribution >= 4 is 17.7 Å². The molecule has 3 atom stereocenters. The number of benzene rings is 1. The van der Waals surface area contributed by atoms with Gasteiger partial charge in [-0.15, -0.1) is 6.58 Å². The molecule has 0 spiro atoms. The van der Waals surface area contributed by atoms with E-state index >= 15 is 0 Å². The average molecular weight is 452 g/mol. The molecular formula is C27H37N3O3. The maximum absolute atomic E-state index is 12.5. The third-order valence-corrected chi connectivity index (χ3v) is 5.81. The van der Waals surface area contributed by atoms with Gasteiger partial charge >= 0.3 is 6.09 Å². The molecule has 1 aliphatic rings. The van der Waals surface area contributed by atoms with Crippen LogP contribution in [0.2, 0.25) is 0 Å². The molecule has 1 fully saturated rings. The summed E-state index contributed by atoms with van der Waals surface area (Å²) in [6.45, 7) is 12.5. The monoisotopic (exact) mass is 451 g/mol. The van der Waals surface area contributed by atoms with Crippen molar-refractivity contribution in [2.24, 2.45) is 5.92 Å². The highest BCUT2D eigenvalue weighted by Gasteiger charge is 2.23. The fraction of sp³-hybridized carbons (Fsp3) is 0.481. The molecule has 3 N–H and O–H groups in total. The summed E-state index contributed by atoms with van der Waals surface area (Å²) in [7, 11) is 0. The summed E-state index contributed by atoms with van der Waals surface area (Å²) in [4.78, 5) is 24.4. The fourth-order valence-corrected chi connectivity index (χ4v) is 3.29. The molecule has 1 aliphatic heterocycles. The highest BCUT2D eigenvalue weighted by Crippen LogP contribution is 2.16. The van der Waals surface area contributed by atoms with Crippen molar-refractivity contribution in [3.8, 4) is 11.8 Å². The number of hydrogen-bond acceptors (Lipinski definition) is 4. The minimum Gasteiger partial charge on any atom is -0.443 e. The van der Waals surface area contributed by atoms with Gasteiger partial charge in [0.05, 0.1) is 12.1 Å². The van der Waals surface area contributed by atoms with Gasteiger partial charge in [-0.2, -0.15) is 0 Å². The van der Waals surface area contributed by atoms with E-state index in [0.717, 1.165) is 37.8 Å². The Labute approximate surface area is 198 Å². The van der Waals surface area contributed by atoms with E-state index in [1.165, 1.54) is 0 Å². The Kier molecular flexibility index (Phi) is 10.2. The highest BCUT2D eigenvalue weighted by atomic mass is 16.6. The van der Waals surface area contributed by atoms with Crippen LogP contribution in [0.25, 0.3) is 0 Å². The van der Waals surface area contributed by atoms with Crippen LogP contribution in [0.4, 0.5) is 10.5 Å². The second-order valence-corrected chi connectivity index (χ2v) is 8.97.